The van der Waals surface area contributed by atoms with Crippen molar-refractivity contribution in [3.05, 3.63) is 52.7 Å². The maximum atomic E-state index is 5.94. The Morgan fingerprint density at radius 3 is 2.95 bits per heavy atom. The average Bonchev–Trinajstić information content (AvgIpc) is 3.24. The van der Waals surface area contributed by atoms with Crippen LogP contribution in [0.2, 0.25) is 0 Å². The van der Waals surface area contributed by atoms with Crippen LogP contribution in [0.3, 0.4) is 0 Å². The van der Waals surface area contributed by atoms with E-state index in [0.29, 0.717) is 6.54 Å². The lowest BCUT2D eigenvalue weighted by atomic mass is 9.94. The van der Waals surface area contributed by atoms with E-state index in [1.165, 1.54) is 4.88 Å². The molecular formula is C16H17N5S. The van der Waals surface area contributed by atoms with Crippen molar-refractivity contribution in [3.8, 4) is 11.4 Å². The van der Waals surface area contributed by atoms with Crippen LogP contribution in [0.15, 0.2) is 42.0 Å². The van der Waals surface area contributed by atoms with Crippen molar-refractivity contribution in [2.75, 3.05) is 6.54 Å². The molecule has 2 unspecified atom stereocenters. The summed E-state index contributed by atoms with van der Waals surface area (Å²) in [4.78, 5) is 10.3. The van der Waals surface area contributed by atoms with Gasteiger partial charge in [0, 0.05) is 35.3 Å². The van der Waals surface area contributed by atoms with Crippen molar-refractivity contribution in [3.63, 3.8) is 0 Å². The first-order chi connectivity index (χ1) is 10.9. The molecule has 0 aromatic carbocycles. The first-order valence-electron chi connectivity index (χ1n) is 7.47. The Bertz CT molecular complexity index is 750. The second-order valence-electron chi connectivity index (χ2n) is 5.52. The fourth-order valence-corrected chi connectivity index (χ4v) is 3.88. The molecule has 112 valence electrons. The summed E-state index contributed by atoms with van der Waals surface area (Å²) in [5, 5.41) is 6.89. The highest BCUT2D eigenvalue weighted by molar-refractivity contribution is 7.10. The average molecular weight is 311 g/mol. The first kappa shape index (κ1) is 13.6. The molecule has 3 aromatic rings. The second kappa shape index (κ2) is 5.62. The van der Waals surface area contributed by atoms with Crippen LogP contribution in [0.25, 0.3) is 11.4 Å². The molecule has 6 heteroatoms. The molecule has 0 bridgehead atoms. The molecule has 1 aliphatic heterocycles. The summed E-state index contributed by atoms with van der Waals surface area (Å²) in [6.45, 7) is 0.613. The normalized spacial score (nSPS) is 20.8. The van der Waals surface area contributed by atoms with Crippen LogP contribution in [0.1, 0.15) is 35.5 Å². The molecule has 3 aromatic heterocycles. The Balaban J connectivity index is 1.81. The molecule has 2 N–H and O–H groups in total. The number of aromatic nitrogens is 4. The Kier molecular flexibility index (Phi) is 3.48. The standard InChI is InChI=1S/C16H17N5S/c17-9-11-5-6-13(14-4-2-8-22-14)21-16(11)19-15(20-21)12-3-1-7-18-10-12/h1-4,7-8,10-11,13H,5-6,9,17H2. The highest BCUT2D eigenvalue weighted by Gasteiger charge is 2.31. The lowest BCUT2D eigenvalue weighted by Crippen LogP contribution is -2.26. The van der Waals surface area contributed by atoms with Crippen LogP contribution in [0, 0.1) is 0 Å². The van der Waals surface area contributed by atoms with Gasteiger partial charge in [0.25, 0.3) is 0 Å². The number of rotatable bonds is 3. The number of hydrogen-bond donors (Lipinski definition) is 1. The monoisotopic (exact) mass is 311 g/mol. The zero-order valence-electron chi connectivity index (χ0n) is 12.1. The van der Waals surface area contributed by atoms with Crippen LogP contribution < -0.4 is 5.73 Å². The van der Waals surface area contributed by atoms with Gasteiger partial charge in [-0.1, -0.05) is 6.07 Å². The summed E-state index contributed by atoms with van der Waals surface area (Å²) in [6.07, 6.45) is 5.69. The summed E-state index contributed by atoms with van der Waals surface area (Å²) >= 11 is 1.77. The summed E-state index contributed by atoms with van der Waals surface area (Å²) in [7, 11) is 0. The van der Waals surface area contributed by atoms with E-state index in [-0.39, 0.29) is 12.0 Å². The number of thiophene rings is 1. The maximum Gasteiger partial charge on any atom is 0.182 e. The van der Waals surface area contributed by atoms with E-state index in [2.05, 4.69) is 27.2 Å². The third-order valence-electron chi connectivity index (χ3n) is 4.18. The minimum absolute atomic E-state index is 0.274. The predicted molar refractivity (Wildman–Crippen MR) is 86.7 cm³/mol. The highest BCUT2D eigenvalue weighted by atomic mass is 32.1. The van der Waals surface area contributed by atoms with Gasteiger partial charge in [0.15, 0.2) is 5.82 Å². The number of nitrogens with zero attached hydrogens (tertiary/aromatic N) is 4. The van der Waals surface area contributed by atoms with Gasteiger partial charge in [-0.2, -0.15) is 5.10 Å². The van der Waals surface area contributed by atoms with E-state index >= 15 is 0 Å². The van der Waals surface area contributed by atoms with Crippen molar-refractivity contribution < 1.29 is 0 Å². The van der Waals surface area contributed by atoms with Gasteiger partial charge in [0.2, 0.25) is 0 Å². The molecule has 0 radical (unpaired) electrons. The third-order valence-corrected chi connectivity index (χ3v) is 5.16. The summed E-state index contributed by atoms with van der Waals surface area (Å²) < 4.78 is 2.08. The second-order valence-corrected chi connectivity index (χ2v) is 6.50. The first-order valence-corrected chi connectivity index (χ1v) is 8.35. The van der Waals surface area contributed by atoms with Gasteiger partial charge in [-0.15, -0.1) is 11.3 Å². The van der Waals surface area contributed by atoms with Gasteiger partial charge in [0.05, 0.1) is 6.04 Å². The fourth-order valence-electron chi connectivity index (χ4n) is 3.04. The molecule has 0 amide bonds. The van der Waals surface area contributed by atoms with Crippen molar-refractivity contribution in [2.45, 2.75) is 24.8 Å². The minimum atomic E-state index is 0.274. The number of nitrogens with two attached hydrogens (primary N) is 1. The topological polar surface area (TPSA) is 69.6 Å². The quantitative estimate of drug-likeness (QED) is 0.807. The molecule has 0 aliphatic carbocycles. The number of pyridine rings is 1. The lowest BCUT2D eigenvalue weighted by molar-refractivity contribution is 0.372. The Hall–Kier alpha value is -2.05. The van der Waals surface area contributed by atoms with Crippen LogP contribution in [0.4, 0.5) is 0 Å². The Morgan fingerprint density at radius 2 is 2.23 bits per heavy atom. The molecule has 2 atom stereocenters. The Labute approximate surface area is 132 Å². The van der Waals surface area contributed by atoms with Gasteiger partial charge in [0.1, 0.15) is 5.82 Å². The van der Waals surface area contributed by atoms with Crippen molar-refractivity contribution in [1.82, 2.24) is 19.7 Å². The summed E-state index contributed by atoms with van der Waals surface area (Å²) in [5.74, 6) is 2.03. The van der Waals surface area contributed by atoms with E-state index in [0.717, 1.165) is 30.1 Å². The van der Waals surface area contributed by atoms with E-state index < -0.39 is 0 Å². The largest absolute Gasteiger partial charge is 0.330 e. The van der Waals surface area contributed by atoms with Crippen molar-refractivity contribution >= 4 is 11.3 Å². The minimum Gasteiger partial charge on any atom is -0.330 e. The SMILES string of the molecule is NCC1CCC(c2cccs2)n2nc(-c3cccnc3)nc21. The van der Waals surface area contributed by atoms with Crippen molar-refractivity contribution in [1.29, 1.82) is 0 Å². The third kappa shape index (κ3) is 2.24. The molecule has 22 heavy (non-hydrogen) atoms. The summed E-state index contributed by atoms with van der Waals surface area (Å²) in [6, 6.07) is 8.44. The number of hydrogen-bond acceptors (Lipinski definition) is 5. The van der Waals surface area contributed by atoms with Crippen molar-refractivity contribution in [2.24, 2.45) is 5.73 Å². The van der Waals surface area contributed by atoms with E-state index in [1.807, 2.05) is 12.1 Å². The molecule has 0 spiro atoms. The predicted octanol–water partition coefficient (Wildman–Crippen LogP) is 2.83. The molecule has 0 saturated heterocycles. The van der Waals surface area contributed by atoms with Gasteiger partial charge >= 0.3 is 0 Å². The van der Waals surface area contributed by atoms with E-state index in [4.69, 9.17) is 15.8 Å². The van der Waals surface area contributed by atoms with Gasteiger partial charge in [-0.3, -0.25) is 4.98 Å². The Morgan fingerprint density at radius 1 is 1.27 bits per heavy atom. The molecular weight excluding hydrogens is 294 g/mol. The molecule has 1 aliphatic rings. The van der Waals surface area contributed by atoms with E-state index in [9.17, 15) is 0 Å². The van der Waals surface area contributed by atoms with Crippen LogP contribution in [-0.4, -0.2) is 26.3 Å². The smallest absolute Gasteiger partial charge is 0.182 e. The molecule has 4 heterocycles. The molecule has 5 nitrogen and oxygen atoms in total. The van der Waals surface area contributed by atoms with E-state index in [1.54, 1.807) is 23.7 Å². The van der Waals surface area contributed by atoms with Crippen LogP contribution in [-0.2, 0) is 0 Å². The van der Waals surface area contributed by atoms with Crippen LogP contribution in [0.5, 0.6) is 0 Å². The highest BCUT2D eigenvalue weighted by Crippen LogP contribution is 2.37. The van der Waals surface area contributed by atoms with Gasteiger partial charge < -0.3 is 5.73 Å². The maximum absolute atomic E-state index is 5.94. The zero-order chi connectivity index (χ0) is 14.9. The van der Waals surface area contributed by atoms with Gasteiger partial charge in [-0.25, -0.2) is 9.67 Å². The zero-order valence-corrected chi connectivity index (χ0v) is 12.9. The van der Waals surface area contributed by atoms with Crippen LogP contribution >= 0.6 is 11.3 Å². The number of fused-ring (bicyclic) bond motifs is 1. The van der Waals surface area contributed by atoms with Gasteiger partial charge in [-0.05, 0) is 36.4 Å². The molecule has 4 rings (SSSR count). The molecule has 0 fully saturated rings. The lowest BCUT2D eigenvalue weighted by Gasteiger charge is -2.27. The molecule has 0 saturated carbocycles. The summed E-state index contributed by atoms with van der Waals surface area (Å²) in [5.41, 5.74) is 6.89. The fraction of sp³-hybridized carbons (Fsp3) is 0.312.